The Morgan fingerprint density at radius 2 is 1.81 bits per heavy atom. The Labute approximate surface area is 138 Å². The number of carbonyl (C=O) groups excluding carboxylic acids is 1. The molecule has 0 amide bonds. The Morgan fingerprint density at radius 3 is 2.62 bits per heavy atom. The summed E-state index contributed by atoms with van der Waals surface area (Å²) < 4.78 is 1.07. The zero-order valence-corrected chi connectivity index (χ0v) is 14.9. The van der Waals surface area contributed by atoms with Crippen LogP contribution in [0.25, 0.3) is 0 Å². The molecule has 0 atom stereocenters. The van der Waals surface area contributed by atoms with E-state index in [2.05, 4.69) is 22.0 Å². The van der Waals surface area contributed by atoms with E-state index in [4.69, 9.17) is 0 Å². The number of ketones is 1. The highest BCUT2D eigenvalue weighted by Gasteiger charge is 2.19. The summed E-state index contributed by atoms with van der Waals surface area (Å²) >= 11 is 5.24. The van der Waals surface area contributed by atoms with E-state index in [0.29, 0.717) is 0 Å². The molecule has 3 rings (SSSR count). The van der Waals surface area contributed by atoms with Crippen LogP contribution in [0.2, 0.25) is 0 Å². The summed E-state index contributed by atoms with van der Waals surface area (Å²) in [5.41, 5.74) is 4.41. The first kappa shape index (κ1) is 15.0. The van der Waals surface area contributed by atoms with Gasteiger partial charge in [-0.3, -0.25) is 4.79 Å². The maximum absolute atomic E-state index is 12.8. The first-order valence-electron chi connectivity index (χ1n) is 7.49. The molecule has 0 bridgehead atoms. The molecule has 0 unspecified atom stereocenters. The Kier molecular flexibility index (Phi) is 4.32. The van der Waals surface area contributed by atoms with Crippen LogP contribution in [0.4, 0.5) is 0 Å². The normalized spacial score (nSPS) is 14.6. The molecule has 0 spiro atoms. The smallest absolute Gasteiger partial charge is 0.203 e. The van der Waals surface area contributed by atoms with Gasteiger partial charge < -0.3 is 0 Å². The molecular weight excluding hydrogens is 344 g/mol. The van der Waals surface area contributed by atoms with Gasteiger partial charge >= 0.3 is 0 Å². The van der Waals surface area contributed by atoms with Crippen LogP contribution >= 0.6 is 27.3 Å². The molecule has 110 valence electrons. The van der Waals surface area contributed by atoms with Crippen LogP contribution in [0.1, 0.15) is 56.1 Å². The highest BCUT2D eigenvalue weighted by molar-refractivity contribution is 9.10. The first-order chi connectivity index (χ1) is 10.1. The predicted molar refractivity (Wildman–Crippen MR) is 92.6 cm³/mol. The second-order valence-corrected chi connectivity index (χ2v) is 7.86. The number of rotatable bonds is 2. The van der Waals surface area contributed by atoms with Crippen molar-refractivity contribution < 1.29 is 4.79 Å². The topological polar surface area (TPSA) is 17.1 Å². The van der Waals surface area contributed by atoms with Crippen LogP contribution in [-0.2, 0) is 12.8 Å². The molecule has 3 heteroatoms. The van der Waals surface area contributed by atoms with Crippen LogP contribution in [0.5, 0.6) is 0 Å². The number of benzene rings is 1. The molecule has 0 fully saturated rings. The van der Waals surface area contributed by atoms with Gasteiger partial charge in [0.1, 0.15) is 0 Å². The maximum atomic E-state index is 12.8. The number of halogens is 1. The largest absolute Gasteiger partial charge is 0.288 e. The molecule has 2 aromatic rings. The minimum Gasteiger partial charge on any atom is -0.288 e. The van der Waals surface area contributed by atoms with Gasteiger partial charge in [0, 0.05) is 14.9 Å². The Morgan fingerprint density at radius 1 is 1.05 bits per heavy atom. The van der Waals surface area contributed by atoms with E-state index in [1.807, 2.05) is 26.0 Å². The molecule has 1 aliphatic rings. The van der Waals surface area contributed by atoms with Crippen LogP contribution in [0.15, 0.2) is 22.7 Å². The van der Waals surface area contributed by atoms with Crippen molar-refractivity contribution in [2.24, 2.45) is 0 Å². The van der Waals surface area contributed by atoms with E-state index in [9.17, 15) is 4.79 Å². The van der Waals surface area contributed by atoms with Gasteiger partial charge in [0.25, 0.3) is 0 Å². The van der Waals surface area contributed by atoms with Gasteiger partial charge in [-0.05, 0) is 74.4 Å². The Bertz CT molecular complexity index is 676. The zero-order valence-electron chi connectivity index (χ0n) is 12.5. The van der Waals surface area contributed by atoms with Crippen molar-refractivity contribution in [3.63, 3.8) is 0 Å². The molecule has 1 aromatic carbocycles. The molecule has 0 aliphatic heterocycles. The third-order valence-corrected chi connectivity index (χ3v) is 6.31. The molecule has 1 heterocycles. The van der Waals surface area contributed by atoms with E-state index >= 15 is 0 Å². The molecule has 21 heavy (non-hydrogen) atoms. The highest BCUT2D eigenvalue weighted by Crippen LogP contribution is 2.31. The minimum atomic E-state index is 0.182. The van der Waals surface area contributed by atoms with Crippen LogP contribution in [-0.4, -0.2) is 5.78 Å². The number of carbonyl (C=O) groups is 1. The fourth-order valence-corrected chi connectivity index (χ4v) is 4.60. The third kappa shape index (κ3) is 3.00. The van der Waals surface area contributed by atoms with Gasteiger partial charge in [0.2, 0.25) is 5.78 Å². The molecule has 1 nitrogen and oxygen atoms in total. The lowest BCUT2D eigenvalue weighted by molar-refractivity contribution is 0.104. The van der Waals surface area contributed by atoms with Gasteiger partial charge in [0.15, 0.2) is 0 Å². The summed E-state index contributed by atoms with van der Waals surface area (Å²) in [7, 11) is 0. The molecule has 1 aliphatic carbocycles. The summed E-state index contributed by atoms with van der Waals surface area (Å²) in [4.78, 5) is 15.2. The van der Waals surface area contributed by atoms with Gasteiger partial charge in [-0.2, -0.15) is 0 Å². The second kappa shape index (κ2) is 6.05. The number of aryl methyl sites for hydroxylation is 4. The monoisotopic (exact) mass is 362 g/mol. The molecule has 1 aromatic heterocycles. The molecule has 0 N–H and O–H groups in total. The lowest BCUT2D eigenvalue weighted by atomic mass is 10.0. The van der Waals surface area contributed by atoms with E-state index in [1.165, 1.54) is 29.7 Å². The average molecular weight is 363 g/mol. The molecular formula is C18H19BrOS. The summed E-state index contributed by atoms with van der Waals surface area (Å²) in [6.07, 6.45) is 6.12. The Balaban J connectivity index is 1.97. The van der Waals surface area contributed by atoms with Crippen molar-refractivity contribution >= 4 is 33.0 Å². The number of hydrogen-bond donors (Lipinski definition) is 0. The summed E-state index contributed by atoms with van der Waals surface area (Å²) in [5.74, 6) is 0.182. The average Bonchev–Trinajstić information content (AvgIpc) is 2.73. The van der Waals surface area contributed by atoms with Crippen LogP contribution in [0.3, 0.4) is 0 Å². The first-order valence-corrected chi connectivity index (χ1v) is 9.10. The van der Waals surface area contributed by atoms with Gasteiger partial charge in [0.05, 0.1) is 4.88 Å². The van der Waals surface area contributed by atoms with E-state index in [0.717, 1.165) is 38.9 Å². The number of hydrogen-bond acceptors (Lipinski definition) is 2. The lowest BCUT2D eigenvalue weighted by Crippen LogP contribution is -2.02. The molecule has 0 radical (unpaired) electrons. The number of fused-ring (bicyclic) bond motifs is 1. The van der Waals surface area contributed by atoms with Crippen molar-refractivity contribution in [1.82, 2.24) is 0 Å². The second-order valence-electron chi connectivity index (χ2n) is 5.87. The van der Waals surface area contributed by atoms with Crippen molar-refractivity contribution in [1.29, 1.82) is 0 Å². The fraction of sp³-hybridized carbons (Fsp3) is 0.389. The summed E-state index contributed by atoms with van der Waals surface area (Å²) in [6, 6.07) is 6.19. The van der Waals surface area contributed by atoms with Gasteiger partial charge in [-0.25, -0.2) is 0 Å². The fourth-order valence-electron chi connectivity index (χ4n) is 2.94. The van der Waals surface area contributed by atoms with Crippen LogP contribution in [0, 0.1) is 13.8 Å². The van der Waals surface area contributed by atoms with Gasteiger partial charge in [-0.1, -0.05) is 22.4 Å². The van der Waals surface area contributed by atoms with E-state index in [1.54, 1.807) is 11.3 Å². The van der Waals surface area contributed by atoms with Crippen molar-refractivity contribution in [2.45, 2.75) is 46.0 Å². The third-order valence-electron chi connectivity index (χ3n) is 4.22. The van der Waals surface area contributed by atoms with Crippen molar-refractivity contribution in [3.8, 4) is 0 Å². The predicted octanol–water partition coefficient (Wildman–Crippen LogP) is 5.63. The summed E-state index contributed by atoms with van der Waals surface area (Å²) in [5, 5.41) is 0. The molecule has 0 saturated carbocycles. The van der Waals surface area contributed by atoms with E-state index in [-0.39, 0.29) is 5.78 Å². The minimum absolute atomic E-state index is 0.182. The van der Waals surface area contributed by atoms with Crippen molar-refractivity contribution in [2.75, 3.05) is 0 Å². The maximum Gasteiger partial charge on any atom is 0.203 e. The summed E-state index contributed by atoms with van der Waals surface area (Å²) in [6.45, 7) is 4.04. The highest BCUT2D eigenvalue weighted by atomic mass is 79.9. The SMILES string of the molecule is Cc1cc(C(=O)c2cc3c(s2)CCCCC3)c(C)cc1Br. The standard InChI is InChI=1S/C18H19BrOS/c1-11-9-15(19)12(2)8-14(11)18(20)17-10-13-6-4-3-5-7-16(13)21-17/h8-10H,3-7H2,1-2H3. The van der Waals surface area contributed by atoms with E-state index < -0.39 is 0 Å². The zero-order chi connectivity index (χ0) is 15.0. The number of thiophene rings is 1. The van der Waals surface area contributed by atoms with Crippen LogP contribution < -0.4 is 0 Å². The van der Waals surface area contributed by atoms with Gasteiger partial charge in [-0.15, -0.1) is 11.3 Å². The molecule has 0 saturated heterocycles. The quantitative estimate of drug-likeness (QED) is 0.499. The van der Waals surface area contributed by atoms with Crippen molar-refractivity contribution in [3.05, 3.63) is 54.7 Å². The Hall–Kier alpha value is -0.930. The lowest BCUT2D eigenvalue weighted by Gasteiger charge is -2.07.